The number of ether oxygens (including phenoxy) is 1. The summed E-state index contributed by atoms with van der Waals surface area (Å²) in [6.07, 6.45) is 2.73. The molecule has 0 spiro atoms. The van der Waals surface area contributed by atoms with E-state index in [2.05, 4.69) is 24.5 Å². The van der Waals surface area contributed by atoms with Gasteiger partial charge in [-0.2, -0.15) is 5.26 Å². The fraction of sp³-hybridized carbons (Fsp3) is 0.600. The maximum absolute atomic E-state index is 12.9. The van der Waals surface area contributed by atoms with Crippen molar-refractivity contribution in [2.24, 2.45) is 0 Å². The summed E-state index contributed by atoms with van der Waals surface area (Å²) in [5, 5.41) is 9.55. The lowest BCUT2D eigenvalue weighted by Crippen LogP contribution is -2.54. The average molecular weight is 343 g/mol. The molecular weight excluding hydrogens is 314 g/mol. The van der Waals surface area contributed by atoms with Crippen molar-refractivity contribution in [3.05, 3.63) is 28.6 Å². The van der Waals surface area contributed by atoms with Gasteiger partial charge in [0.25, 0.3) is 5.91 Å². The highest BCUT2D eigenvalue weighted by molar-refractivity contribution is 6.02. The minimum absolute atomic E-state index is 0.0396. The molecule has 1 aliphatic rings. The fourth-order valence-electron chi connectivity index (χ4n) is 3.62. The number of nitrogens with zero attached hydrogens (tertiary/aromatic N) is 3. The molecular formula is C20H29N3O2. The van der Waals surface area contributed by atoms with Gasteiger partial charge in [0.05, 0.1) is 11.7 Å². The Balaban J connectivity index is 2.30. The summed E-state index contributed by atoms with van der Waals surface area (Å²) in [5.41, 5.74) is 2.97. The summed E-state index contributed by atoms with van der Waals surface area (Å²) >= 11 is 0. The maximum Gasteiger partial charge on any atom is 0.264 e. The van der Waals surface area contributed by atoms with Gasteiger partial charge in [-0.25, -0.2) is 0 Å². The number of amides is 1. The minimum Gasteiger partial charge on any atom is -0.369 e. The van der Waals surface area contributed by atoms with Crippen LogP contribution in [0.25, 0.3) is 6.08 Å². The van der Waals surface area contributed by atoms with E-state index >= 15 is 0 Å². The van der Waals surface area contributed by atoms with Gasteiger partial charge in [-0.3, -0.25) is 4.79 Å². The van der Waals surface area contributed by atoms with Crippen LogP contribution in [-0.4, -0.2) is 40.2 Å². The number of aryl methyl sites for hydroxylation is 1. The number of morpholine rings is 1. The minimum atomic E-state index is -0.398. The highest BCUT2D eigenvalue weighted by Crippen LogP contribution is 2.24. The smallest absolute Gasteiger partial charge is 0.264 e. The third-order valence-electron chi connectivity index (χ3n) is 4.57. The molecule has 0 radical (unpaired) electrons. The first-order chi connectivity index (χ1) is 11.7. The molecule has 0 N–H and O–H groups in total. The van der Waals surface area contributed by atoms with Crippen LogP contribution < -0.4 is 0 Å². The van der Waals surface area contributed by atoms with Crippen LogP contribution in [0.4, 0.5) is 0 Å². The van der Waals surface area contributed by atoms with Gasteiger partial charge in [0.15, 0.2) is 0 Å². The van der Waals surface area contributed by atoms with Gasteiger partial charge in [0, 0.05) is 31.0 Å². The molecule has 0 bridgehead atoms. The second-order valence-electron chi connectivity index (χ2n) is 7.52. The van der Waals surface area contributed by atoms with E-state index in [0.29, 0.717) is 13.1 Å². The average Bonchev–Trinajstić information content (AvgIpc) is 2.78. The van der Waals surface area contributed by atoms with Gasteiger partial charge in [-0.05, 0) is 58.7 Å². The van der Waals surface area contributed by atoms with E-state index in [1.54, 1.807) is 11.0 Å². The molecule has 0 saturated carbocycles. The third-order valence-corrected chi connectivity index (χ3v) is 4.57. The summed E-state index contributed by atoms with van der Waals surface area (Å²) in [4.78, 5) is 14.6. The Bertz CT molecular complexity index is 722. The SMILES string of the molecule is CCCn1c(C)cc(/C=C(/C#N)C(=O)N2CC(C)OC(C)(C)C2)c1C. The predicted octanol–water partition coefficient (Wildman–Crippen LogP) is 3.45. The second-order valence-corrected chi connectivity index (χ2v) is 7.52. The lowest BCUT2D eigenvalue weighted by Gasteiger charge is -2.41. The van der Waals surface area contributed by atoms with Crippen LogP contribution in [0.5, 0.6) is 0 Å². The molecule has 2 rings (SSSR count). The maximum atomic E-state index is 12.9. The highest BCUT2D eigenvalue weighted by Gasteiger charge is 2.34. The molecule has 1 unspecified atom stereocenters. The zero-order valence-electron chi connectivity index (χ0n) is 16.2. The normalized spacial score (nSPS) is 20.4. The van der Waals surface area contributed by atoms with E-state index < -0.39 is 5.60 Å². The topological polar surface area (TPSA) is 58.3 Å². The zero-order chi connectivity index (χ0) is 18.8. The fourth-order valence-corrected chi connectivity index (χ4v) is 3.62. The van der Waals surface area contributed by atoms with E-state index in [9.17, 15) is 10.1 Å². The van der Waals surface area contributed by atoms with Crippen molar-refractivity contribution in [3.63, 3.8) is 0 Å². The monoisotopic (exact) mass is 343 g/mol. The molecule has 1 aromatic heterocycles. The zero-order valence-corrected chi connectivity index (χ0v) is 16.2. The van der Waals surface area contributed by atoms with Crippen LogP contribution in [0.1, 0.15) is 51.1 Å². The van der Waals surface area contributed by atoms with Crippen molar-refractivity contribution in [2.45, 2.75) is 66.2 Å². The van der Waals surface area contributed by atoms with Crippen molar-refractivity contribution in [1.29, 1.82) is 5.26 Å². The Kier molecular flexibility index (Phi) is 5.74. The molecule has 2 heterocycles. The first-order valence-electron chi connectivity index (χ1n) is 8.94. The van der Waals surface area contributed by atoms with E-state index in [1.807, 2.05) is 33.8 Å². The number of nitriles is 1. The summed E-state index contributed by atoms with van der Waals surface area (Å²) in [6, 6.07) is 4.14. The van der Waals surface area contributed by atoms with Crippen LogP contribution in [0.3, 0.4) is 0 Å². The number of hydrogen-bond acceptors (Lipinski definition) is 3. The number of rotatable bonds is 4. The Hall–Kier alpha value is -2.06. The predicted molar refractivity (Wildman–Crippen MR) is 99.0 cm³/mol. The van der Waals surface area contributed by atoms with Gasteiger partial charge in [0.2, 0.25) is 0 Å². The molecule has 0 aliphatic carbocycles. The third kappa shape index (κ3) is 4.32. The summed E-state index contributed by atoms with van der Waals surface area (Å²) < 4.78 is 8.08. The van der Waals surface area contributed by atoms with Crippen molar-refractivity contribution in [3.8, 4) is 6.07 Å². The molecule has 1 aromatic rings. The first kappa shape index (κ1) is 19.3. The quantitative estimate of drug-likeness (QED) is 0.621. The Morgan fingerprint density at radius 2 is 2.16 bits per heavy atom. The highest BCUT2D eigenvalue weighted by atomic mass is 16.5. The summed E-state index contributed by atoms with van der Waals surface area (Å²) in [7, 11) is 0. The molecule has 5 heteroatoms. The van der Waals surface area contributed by atoms with Gasteiger partial charge in [0.1, 0.15) is 11.6 Å². The molecule has 136 valence electrons. The molecule has 1 fully saturated rings. The van der Waals surface area contributed by atoms with E-state index in [4.69, 9.17) is 4.74 Å². The van der Waals surface area contributed by atoms with Crippen molar-refractivity contribution in [1.82, 2.24) is 9.47 Å². The van der Waals surface area contributed by atoms with E-state index in [0.717, 1.165) is 29.9 Å². The molecule has 1 atom stereocenters. The van der Waals surface area contributed by atoms with E-state index in [1.165, 1.54) is 0 Å². The van der Waals surface area contributed by atoms with Crippen LogP contribution in [-0.2, 0) is 16.1 Å². The van der Waals surface area contributed by atoms with Crippen LogP contribution in [0.2, 0.25) is 0 Å². The van der Waals surface area contributed by atoms with Gasteiger partial charge < -0.3 is 14.2 Å². The van der Waals surface area contributed by atoms with Gasteiger partial charge in [-0.15, -0.1) is 0 Å². The number of aromatic nitrogens is 1. The Morgan fingerprint density at radius 3 is 2.72 bits per heavy atom. The van der Waals surface area contributed by atoms with E-state index in [-0.39, 0.29) is 17.6 Å². The number of carbonyl (C=O) groups is 1. The van der Waals surface area contributed by atoms with Crippen LogP contribution in [0, 0.1) is 25.2 Å². The number of hydrogen-bond donors (Lipinski definition) is 0. The summed E-state index contributed by atoms with van der Waals surface area (Å²) in [5.74, 6) is -0.217. The lowest BCUT2D eigenvalue weighted by molar-refractivity contribution is -0.154. The Morgan fingerprint density at radius 1 is 1.48 bits per heavy atom. The van der Waals surface area contributed by atoms with Crippen LogP contribution >= 0.6 is 0 Å². The van der Waals surface area contributed by atoms with Gasteiger partial charge in [-0.1, -0.05) is 6.92 Å². The molecule has 5 nitrogen and oxygen atoms in total. The molecule has 25 heavy (non-hydrogen) atoms. The lowest BCUT2D eigenvalue weighted by atomic mass is 10.0. The largest absolute Gasteiger partial charge is 0.369 e. The Labute approximate surface area is 150 Å². The second kappa shape index (κ2) is 7.45. The van der Waals surface area contributed by atoms with Crippen molar-refractivity contribution in [2.75, 3.05) is 13.1 Å². The molecule has 1 amide bonds. The van der Waals surface area contributed by atoms with Gasteiger partial charge >= 0.3 is 0 Å². The van der Waals surface area contributed by atoms with Crippen molar-refractivity contribution < 1.29 is 9.53 Å². The standard InChI is InChI=1S/C20H29N3O2/c1-7-8-23-14(2)9-17(16(23)4)10-18(11-21)19(24)22-12-15(3)25-20(5,6)13-22/h9-10,15H,7-8,12-13H2,1-6H3/b18-10-. The number of carbonyl (C=O) groups excluding carboxylic acids is 1. The van der Waals surface area contributed by atoms with Crippen LogP contribution in [0.15, 0.2) is 11.6 Å². The molecule has 1 aliphatic heterocycles. The summed E-state index contributed by atoms with van der Waals surface area (Å²) in [6.45, 7) is 14.1. The first-order valence-corrected chi connectivity index (χ1v) is 8.94. The van der Waals surface area contributed by atoms with Crippen molar-refractivity contribution >= 4 is 12.0 Å². The molecule has 0 aromatic carbocycles. The molecule has 1 saturated heterocycles.